The van der Waals surface area contributed by atoms with Crippen molar-refractivity contribution >= 4 is 33.1 Å². The number of anilines is 2. The largest absolute Gasteiger partial charge is 0.367 e. The summed E-state index contributed by atoms with van der Waals surface area (Å²) in [6, 6.07) is 10.3. The van der Waals surface area contributed by atoms with Crippen molar-refractivity contribution in [3.63, 3.8) is 0 Å². The van der Waals surface area contributed by atoms with Gasteiger partial charge in [0.1, 0.15) is 16.8 Å². The average molecular weight is 378 g/mol. The molecule has 0 saturated carbocycles. The van der Waals surface area contributed by atoms with Crippen LogP contribution in [0.1, 0.15) is 5.56 Å². The van der Waals surface area contributed by atoms with Gasteiger partial charge in [0.05, 0.1) is 16.3 Å². The Balaban J connectivity index is 1.79. The number of pyridine rings is 1. The number of hydrogen-bond donors (Lipinski definition) is 1. The molecular weight excluding hydrogens is 362 g/mol. The van der Waals surface area contributed by atoms with Crippen molar-refractivity contribution in [3.8, 4) is 6.07 Å². The van der Waals surface area contributed by atoms with Crippen LogP contribution in [0.4, 0.5) is 11.5 Å². The van der Waals surface area contributed by atoms with Crippen molar-refractivity contribution in [2.24, 2.45) is 5.14 Å². The van der Waals surface area contributed by atoms with E-state index in [1.54, 1.807) is 24.3 Å². The number of aromatic nitrogens is 1. The molecule has 2 N–H and O–H groups in total. The quantitative estimate of drug-likeness (QED) is 0.870. The van der Waals surface area contributed by atoms with Crippen LogP contribution in [-0.4, -0.2) is 39.6 Å². The lowest BCUT2D eigenvalue weighted by Gasteiger charge is -2.37. The van der Waals surface area contributed by atoms with Crippen LogP contribution in [-0.2, 0) is 10.0 Å². The van der Waals surface area contributed by atoms with Crippen LogP contribution in [0.25, 0.3) is 0 Å². The third-order valence-electron chi connectivity index (χ3n) is 4.04. The number of halogens is 1. The number of rotatable bonds is 3. The maximum atomic E-state index is 11.8. The second-order valence-corrected chi connectivity index (χ2v) is 7.57. The van der Waals surface area contributed by atoms with Crippen LogP contribution in [0.2, 0.25) is 5.02 Å². The number of nitrogens with zero attached hydrogens (tertiary/aromatic N) is 4. The number of nitriles is 1. The van der Waals surface area contributed by atoms with Crippen LogP contribution >= 0.6 is 11.6 Å². The maximum absolute atomic E-state index is 11.8. The number of hydrogen-bond acceptors (Lipinski definition) is 6. The minimum Gasteiger partial charge on any atom is -0.367 e. The first-order chi connectivity index (χ1) is 11.9. The lowest BCUT2D eigenvalue weighted by molar-refractivity contribution is 0.595. The molecule has 2 heterocycles. The number of benzene rings is 1. The van der Waals surface area contributed by atoms with Crippen LogP contribution in [0.5, 0.6) is 0 Å². The normalized spacial score (nSPS) is 15.1. The van der Waals surface area contributed by atoms with E-state index in [0.29, 0.717) is 48.3 Å². The second kappa shape index (κ2) is 6.88. The molecule has 7 nitrogen and oxygen atoms in total. The van der Waals surface area contributed by atoms with E-state index in [-0.39, 0.29) is 4.90 Å². The molecule has 0 aliphatic carbocycles. The zero-order valence-electron chi connectivity index (χ0n) is 13.3. The summed E-state index contributed by atoms with van der Waals surface area (Å²) in [6.45, 7) is 2.45. The second-order valence-electron chi connectivity index (χ2n) is 5.63. The molecule has 3 rings (SSSR count). The molecule has 1 aromatic carbocycles. The van der Waals surface area contributed by atoms with Gasteiger partial charge < -0.3 is 9.80 Å². The monoisotopic (exact) mass is 377 g/mol. The Labute approximate surface area is 151 Å². The zero-order chi connectivity index (χ0) is 18.0. The molecule has 2 aromatic rings. The Hall–Kier alpha value is -2.34. The number of sulfonamides is 1. The van der Waals surface area contributed by atoms with E-state index in [1.165, 1.54) is 12.3 Å². The van der Waals surface area contributed by atoms with Gasteiger partial charge in [-0.1, -0.05) is 23.7 Å². The van der Waals surface area contributed by atoms with Gasteiger partial charge >= 0.3 is 0 Å². The molecule has 25 heavy (non-hydrogen) atoms. The van der Waals surface area contributed by atoms with Crippen molar-refractivity contribution in [2.75, 3.05) is 36.0 Å². The number of primary sulfonamides is 1. The van der Waals surface area contributed by atoms with Crippen molar-refractivity contribution in [3.05, 3.63) is 47.1 Å². The highest BCUT2D eigenvalue weighted by atomic mass is 35.5. The summed E-state index contributed by atoms with van der Waals surface area (Å²) in [5.41, 5.74) is 1.01. The van der Waals surface area contributed by atoms with Gasteiger partial charge in [0, 0.05) is 32.4 Å². The third-order valence-corrected chi connectivity index (χ3v) is 5.28. The average Bonchev–Trinajstić information content (AvgIpc) is 2.61. The van der Waals surface area contributed by atoms with E-state index in [0.717, 1.165) is 0 Å². The van der Waals surface area contributed by atoms with Crippen molar-refractivity contribution in [1.82, 2.24) is 4.98 Å². The van der Waals surface area contributed by atoms with E-state index < -0.39 is 10.0 Å². The van der Waals surface area contributed by atoms with E-state index in [1.807, 2.05) is 15.9 Å². The topological polar surface area (TPSA) is 103 Å². The van der Waals surface area contributed by atoms with Crippen molar-refractivity contribution < 1.29 is 8.42 Å². The summed E-state index contributed by atoms with van der Waals surface area (Å²) in [5, 5.41) is 14.6. The first kappa shape index (κ1) is 17.5. The predicted octanol–water partition coefficient (Wildman–Crippen LogP) is 1.58. The van der Waals surface area contributed by atoms with Gasteiger partial charge in [0.25, 0.3) is 0 Å². The molecule has 0 atom stereocenters. The summed E-state index contributed by atoms with van der Waals surface area (Å²) in [5.74, 6) is 0.625. The standard InChI is InChI=1S/C16H16ClN5O2S/c17-13-9-12(10-18)11-20-16(13)22-7-5-21(6-8-22)14-3-1-2-4-15(14)25(19,23)24/h1-4,9,11H,5-8H2,(H2,19,23,24). The van der Waals surface area contributed by atoms with Crippen LogP contribution in [0, 0.1) is 11.3 Å². The molecule has 1 aliphatic heterocycles. The third kappa shape index (κ3) is 3.69. The van der Waals surface area contributed by atoms with E-state index in [4.69, 9.17) is 22.0 Å². The van der Waals surface area contributed by atoms with E-state index in [2.05, 4.69) is 4.98 Å². The molecule has 1 saturated heterocycles. The Kier molecular flexibility index (Phi) is 4.81. The highest BCUT2D eigenvalue weighted by Gasteiger charge is 2.24. The summed E-state index contributed by atoms with van der Waals surface area (Å²) in [6.07, 6.45) is 1.49. The number of para-hydroxylation sites is 1. The maximum Gasteiger partial charge on any atom is 0.240 e. The molecule has 1 aliphatic rings. The van der Waals surface area contributed by atoms with Crippen molar-refractivity contribution in [2.45, 2.75) is 4.90 Å². The Morgan fingerprint density at radius 3 is 2.40 bits per heavy atom. The predicted molar refractivity (Wildman–Crippen MR) is 96.2 cm³/mol. The van der Waals surface area contributed by atoms with Gasteiger partial charge in [0.2, 0.25) is 10.0 Å². The smallest absolute Gasteiger partial charge is 0.240 e. The zero-order valence-corrected chi connectivity index (χ0v) is 14.8. The van der Waals surface area contributed by atoms with Gasteiger partial charge in [-0.15, -0.1) is 0 Å². The molecular formula is C16H16ClN5O2S. The fourth-order valence-electron chi connectivity index (χ4n) is 2.84. The fourth-order valence-corrected chi connectivity index (χ4v) is 3.89. The molecule has 0 amide bonds. The molecule has 1 fully saturated rings. The Morgan fingerprint density at radius 1 is 1.16 bits per heavy atom. The van der Waals surface area contributed by atoms with Gasteiger partial charge in [0.15, 0.2) is 0 Å². The minimum atomic E-state index is -3.78. The molecule has 130 valence electrons. The van der Waals surface area contributed by atoms with Crippen LogP contribution in [0.15, 0.2) is 41.4 Å². The first-order valence-electron chi connectivity index (χ1n) is 7.57. The molecule has 1 aromatic heterocycles. The summed E-state index contributed by atoms with van der Waals surface area (Å²) in [7, 11) is -3.78. The number of piperazine rings is 1. The molecule has 9 heteroatoms. The molecule has 0 radical (unpaired) electrons. The van der Waals surface area contributed by atoms with Gasteiger partial charge in [-0.3, -0.25) is 0 Å². The highest BCUT2D eigenvalue weighted by Crippen LogP contribution is 2.28. The minimum absolute atomic E-state index is 0.123. The van der Waals surface area contributed by atoms with E-state index >= 15 is 0 Å². The lowest BCUT2D eigenvalue weighted by Crippen LogP contribution is -2.47. The molecule has 0 spiro atoms. The molecule has 0 unspecified atom stereocenters. The van der Waals surface area contributed by atoms with Gasteiger partial charge in [-0.05, 0) is 18.2 Å². The fraction of sp³-hybridized carbons (Fsp3) is 0.250. The highest BCUT2D eigenvalue weighted by molar-refractivity contribution is 7.89. The molecule has 0 bridgehead atoms. The first-order valence-corrected chi connectivity index (χ1v) is 9.50. The van der Waals surface area contributed by atoms with Crippen LogP contribution in [0.3, 0.4) is 0 Å². The summed E-state index contributed by atoms with van der Waals surface area (Å²) >= 11 is 6.22. The van der Waals surface area contributed by atoms with Crippen LogP contribution < -0.4 is 14.9 Å². The van der Waals surface area contributed by atoms with E-state index in [9.17, 15) is 8.42 Å². The van der Waals surface area contributed by atoms with Crippen molar-refractivity contribution in [1.29, 1.82) is 5.26 Å². The van der Waals surface area contributed by atoms with Gasteiger partial charge in [-0.25, -0.2) is 18.5 Å². The SMILES string of the molecule is N#Cc1cnc(N2CCN(c3ccccc3S(N)(=O)=O)CC2)c(Cl)c1. The lowest BCUT2D eigenvalue weighted by atomic mass is 10.2. The summed E-state index contributed by atoms with van der Waals surface area (Å²) in [4.78, 5) is 8.38. The number of nitrogens with two attached hydrogens (primary N) is 1. The Morgan fingerprint density at radius 2 is 1.80 bits per heavy atom. The Bertz CT molecular complexity index is 934. The van der Waals surface area contributed by atoms with Gasteiger partial charge in [-0.2, -0.15) is 5.26 Å². The summed E-state index contributed by atoms with van der Waals surface area (Å²) < 4.78 is 23.5.